The molecule has 1 heterocycles. The van der Waals surface area contributed by atoms with Crippen LogP contribution in [0.3, 0.4) is 0 Å². The summed E-state index contributed by atoms with van der Waals surface area (Å²) in [6, 6.07) is 6.25. The van der Waals surface area contributed by atoms with Crippen molar-refractivity contribution < 1.29 is 23.9 Å². The van der Waals surface area contributed by atoms with Gasteiger partial charge in [0.2, 0.25) is 11.8 Å². The maximum Gasteiger partial charge on any atom is 0.303 e. The highest BCUT2D eigenvalue weighted by molar-refractivity contribution is 5.95. The van der Waals surface area contributed by atoms with Crippen LogP contribution >= 0.6 is 0 Å². The molecule has 0 bridgehead atoms. The van der Waals surface area contributed by atoms with E-state index in [1.165, 1.54) is 56.9 Å². The van der Waals surface area contributed by atoms with E-state index < -0.39 is 17.2 Å². The average molecular weight is 498 g/mol. The van der Waals surface area contributed by atoms with Crippen LogP contribution in [-0.2, 0) is 30.1 Å². The topological polar surface area (TPSA) is 72.9 Å². The number of imide groups is 1. The fourth-order valence-electron chi connectivity index (χ4n) is 6.12. The van der Waals surface area contributed by atoms with Crippen LogP contribution in [0.15, 0.2) is 30.0 Å². The van der Waals surface area contributed by atoms with Gasteiger partial charge in [-0.3, -0.25) is 19.3 Å². The van der Waals surface area contributed by atoms with E-state index in [9.17, 15) is 14.4 Å². The van der Waals surface area contributed by atoms with Crippen molar-refractivity contribution in [3.8, 4) is 5.75 Å². The Balaban J connectivity index is 2.10. The molecule has 36 heavy (non-hydrogen) atoms. The van der Waals surface area contributed by atoms with Gasteiger partial charge in [-0.1, -0.05) is 64.7 Å². The molecule has 0 fully saturated rings. The van der Waals surface area contributed by atoms with Crippen molar-refractivity contribution in [2.45, 2.75) is 117 Å². The summed E-state index contributed by atoms with van der Waals surface area (Å²) in [4.78, 5) is 38.4. The van der Waals surface area contributed by atoms with Gasteiger partial charge in [0.15, 0.2) is 5.60 Å². The maximum atomic E-state index is 12.5. The third-order valence-corrected chi connectivity index (χ3v) is 7.93. The van der Waals surface area contributed by atoms with Crippen LogP contribution in [0.1, 0.15) is 111 Å². The molecule has 2 aliphatic rings. The van der Waals surface area contributed by atoms with Crippen molar-refractivity contribution in [1.82, 2.24) is 4.90 Å². The van der Waals surface area contributed by atoms with Crippen molar-refractivity contribution in [2.24, 2.45) is 5.92 Å². The number of allylic oxidation sites excluding steroid dienone is 1. The quantitative estimate of drug-likeness (QED) is 0.301. The molecule has 6 nitrogen and oxygen atoms in total. The van der Waals surface area contributed by atoms with Gasteiger partial charge < -0.3 is 9.47 Å². The van der Waals surface area contributed by atoms with Crippen molar-refractivity contribution in [3.05, 3.63) is 41.1 Å². The molecule has 0 saturated carbocycles. The summed E-state index contributed by atoms with van der Waals surface area (Å²) >= 11 is 0. The van der Waals surface area contributed by atoms with Gasteiger partial charge in [0, 0.05) is 44.4 Å². The number of carbonyl (C=O) groups excluding carboxylic acids is 3. The minimum absolute atomic E-state index is 0.0284. The van der Waals surface area contributed by atoms with Crippen molar-refractivity contribution in [1.29, 1.82) is 0 Å². The highest BCUT2D eigenvalue weighted by atomic mass is 16.6. The Morgan fingerprint density at radius 1 is 1.08 bits per heavy atom. The molecule has 0 N–H and O–H groups in total. The molecule has 2 atom stereocenters. The molecule has 3 rings (SSSR count). The van der Waals surface area contributed by atoms with Crippen molar-refractivity contribution >= 4 is 17.8 Å². The van der Waals surface area contributed by atoms with Crippen LogP contribution in [0.2, 0.25) is 0 Å². The molecule has 1 aromatic rings. The molecule has 198 valence electrons. The van der Waals surface area contributed by atoms with E-state index in [4.69, 9.17) is 9.47 Å². The summed E-state index contributed by atoms with van der Waals surface area (Å²) in [5, 5.41) is 0. The number of fused-ring (bicyclic) bond motifs is 3. The van der Waals surface area contributed by atoms with E-state index in [1.54, 1.807) is 0 Å². The molecule has 1 aliphatic carbocycles. The lowest BCUT2D eigenvalue weighted by Crippen LogP contribution is -2.57. The smallest absolute Gasteiger partial charge is 0.303 e. The molecule has 6 heteroatoms. The third-order valence-electron chi connectivity index (χ3n) is 7.93. The fourth-order valence-corrected chi connectivity index (χ4v) is 6.12. The molecule has 0 radical (unpaired) electrons. The largest absolute Gasteiger partial charge is 0.487 e. The van der Waals surface area contributed by atoms with Gasteiger partial charge in [-0.2, -0.15) is 0 Å². The van der Waals surface area contributed by atoms with E-state index in [0.29, 0.717) is 17.9 Å². The van der Waals surface area contributed by atoms with Gasteiger partial charge in [-0.05, 0) is 43.7 Å². The lowest BCUT2D eigenvalue weighted by atomic mass is 9.64. The Labute approximate surface area is 216 Å². The highest BCUT2D eigenvalue weighted by Crippen LogP contribution is 2.57. The van der Waals surface area contributed by atoms with Crippen LogP contribution in [0, 0.1) is 5.92 Å². The molecule has 2 amide bonds. The van der Waals surface area contributed by atoms with Gasteiger partial charge in [0.05, 0.1) is 0 Å². The first kappa shape index (κ1) is 27.9. The van der Waals surface area contributed by atoms with E-state index in [-0.39, 0.29) is 29.6 Å². The van der Waals surface area contributed by atoms with E-state index in [1.807, 2.05) is 26.0 Å². The first-order valence-corrected chi connectivity index (χ1v) is 13.3. The summed E-state index contributed by atoms with van der Waals surface area (Å²) < 4.78 is 12.8. The number of benzene rings is 1. The zero-order valence-corrected chi connectivity index (χ0v) is 23.3. The summed E-state index contributed by atoms with van der Waals surface area (Å²) in [5.74, 6) is -0.579. The highest BCUT2D eigenvalue weighted by Gasteiger charge is 2.58. The molecule has 1 aliphatic heterocycles. The average Bonchev–Trinajstić information content (AvgIpc) is 2.75. The van der Waals surface area contributed by atoms with Crippen LogP contribution in [-0.4, -0.2) is 28.3 Å². The van der Waals surface area contributed by atoms with E-state index >= 15 is 0 Å². The minimum atomic E-state index is -1.04. The lowest BCUT2D eigenvalue weighted by molar-refractivity contribution is -0.186. The first-order valence-electron chi connectivity index (χ1n) is 13.3. The number of ether oxygens (including phenoxy) is 2. The minimum Gasteiger partial charge on any atom is -0.487 e. The third kappa shape index (κ3) is 5.37. The van der Waals surface area contributed by atoms with Gasteiger partial charge in [0.1, 0.15) is 11.4 Å². The summed E-state index contributed by atoms with van der Waals surface area (Å²) in [6.07, 6.45) is 8.59. The lowest BCUT2D eigenvalue weighted by Gasteiger charge is -2.54. The maximum absolute atomic E-state index is 12.5. The van der Waals surface area contributed by atoms with Crippen LogP contribution in [0.5, 0.6) is 5.75 Å². The number of hydrogen-bond donors (Lipinski definition) is 0. The number of hydrogen-bond acceptors (Lipinski definition) is 5. The van der Waals surface area contributed by atoms with Crippen LogP contribution in [0.4, 0.5) is 0 Å². The van der Waals surface area contributed by atoms with E-state index in [2.05, 4.69) is 32.9 Å². The molecule has 0 saturated heterocycles. The van der Waals surface area contributed by atoms with Crippen molar-refractivity contribution in [2.75, 3.05) is 0 Å². The van der Waals surface area contributed by atoms with Gasteiger partial charge >= 0.3 is 5.97 Å². The Hall–Kier alpha value is -2.63. The Kier molecular flexibility index (Phi) is 8.07. The molecule has 1 aromatic carbocycles. The Morgan fingerprint density at radius 2 is 1.75 bits per heavy atom. The Morgan fingerprint density at radius 3 is 2.33 bits per heavy atom. The zero-order valence-electron chi connectivity index (χ0n) is 23.3. The zero-order chi connectivity index (χ0) is 26.9. The summed E-state index contributed by atoms with van der Waals surface area (Å²) in [6.45, 7) is 15.0. The second kappa shape index (κ2) is 10.4. The van der Waals surface area contributed by atoms with Gasteiger partial charge in [-0.15, -0.1) is 0 Å². The predicted molar refractivity (Wildman–Crippen MR) is 140 cm³/mol. The summed E-state index contributed by atoms with van der Waals surface area (Å²) in [7, 11) is 0. The van der Waals surface area contributed by atoms with Crippen LogP contribution < -0.4 is 4.74 Å². The monoisotopic (exact) mass is 497 g/mol. The second-order valence-electron chi connectivity index (χ2n) is 11.6. The first-order chi connectivity index (χ1) is 16.7. The molecule has 0 aromatic heterocycles. The Bertz CT molecular complexity index is 1040. The fraction of sp³-hybridized carbons (Fsp3) is 0.633. The number of unbranched alkanes of at least 4 members (excludes halogenated alkanes) is 3. The van der Waals surface area contributed by atoms with Crippen LogP contribution in [0.25, 0.3) is 0 Å². The number of nitrogens with zero attached hydrogens (tertiary/aromatic N) is 1. The van der Waals surface area contributed by atoms with Gasteiger partial charge in [-0.25, -0.2) is 0 Å². The molecular weight excluding hydrogens is 454 g/mol. The standard InChI is InChI=1S/C30H43NO5/c1-9-10-11-12-17-28(5,6)23-13-15-25-26(18-23)36-29(7,8)27-16-14-24(31(20(2)32)21(3)33)19-30(25,27)35-22(4)34/h13-15,18,27H,9-12,16-17,19H2,1-8H3/t27-,30+/m0/s1. The predicted octanol–water partition coefficient (Wildman–Crippen LogP) is 6.55. The van der Waals surface area contributed by atoms with Crippen molar-refractivity contribution in [3.63, 3.8) is 0 Å². The van der Waals surface area contributed by atoms with E-state index in [0.717, 1.165) is 12.0 Å². The summed E-state index contributed by atoms with van der Waals surface area (Å²) in [5.41, 5.74) is 0.845. The van der Waals surface area contributed by atoms with Gasteiger partial charge in [0.25, 0.3) is 0 Å². The number of esters is 1. The molecule has 0 spiro atoms. The number of rotatable bonds is 8. The normalized spacial score (nSPS) is 22.4. The number of amides is 2. The number of carbonyl (C=O) groups is 3. The molecule has 0 unspecified atom stereocenters. The SMILES string of the molecule is CCCCCCC(C)(C)c1ccc2c(c1)OC(C)(C)[C@@H]1CC=C(N(C(C)=O)C(C)=O)C[C@@]21OC(C)=O. The second-order valence-corrected chi connectivity index (χ2v) is 11.6. The molecular formula is C30H43NO5.